The highest BCUT2D eigenvalue weighted by atomic mass is 79.9. The summed E-state index contributed by atoms with van der Waals surface area (Å²) in [4.78, 5) is 0. The number of rotatable bonds is 2. The summed E-state index contributed by atoms with van der Waals surface area (Å²) in [6.45, 7) is 0. The molecule has 0 fully saturated rings. The van der Waals surface area contributed by atoms with Crippen LogP contribution < -0.4 is 21.9 Å². The predicted molar refractivity (Wildman–Crippen MR) is 148 cm³/mol. The molecule has 0 radical (unpaired) electrons. The van der Waals surface area contributed by atoms with E-state index in [9.17, 15) is 0 Å². The van der Waals surface area contributed by atoms with Crippen molar-refractivity contribution in [2.24, 2.45) is 0 Å². The van der Waals surface area contributed by atoms with Gasteiger partial charge in [0, 0.05) is 8.95 Å². The summed E-state index contributed by atoms with van der Waals surface area (Å²) in [5.41, 5.74) is 13.3. The molecule has 1 aliphatic heterocycles. The predicted octanol–water partition coefficient (Wildman–Crippen LogP) is 3.54. The highest BCUT2D eigenvalue weighted by Gasteiger charge is 2.36. The second kappa shape index (κ2) is 7.89. The number of fused-ring (bicyclic) bond motifs is 3. The lowest BCUT2D eigenvalue weighted by atomic mass is 9.60. The van der Waals surface area contributed by atoms with Gasteiger partial charge in [-0.25, -0.2) is 0 Å². The Kier molecular flexibility index (Phi) is 5.37. The van der Waals surface area contributed by atoms with E-state index in [0.717, 1.165) is 8.95 Å². The Labute approximate surface area is 204 Å². The van der Waals surface area contributed by atoms with Crippen LogP contribution in [-0.2, 0) is 0 Å². The van der Waals surface area contributed by atoms with E-state index < -0.39 is 0 Å². The van der Waals surface area contributed by atoms with E-state index in [-0.39, 0.29) is 5.54 Å². The lowest BCUT2D eigenvalue weighted by Gasteiger charge is -2.24. The van der Waals surface area contributed by atoms with Gasteiger partial charge in [-0.05, 0) is 51.0 Å². The van der Waals surface area contributed by atoms with Crippen LogP contribution in [0.1, 0.15) is 0 Å². The average molecular weight is 577 g/mol. The molecule has 0 atom stereocenters. The molecule has 0 N–H and O–H groups in total. The first kappa shape index (κ1) is 20.4. The van der Waals surface area contributed by atoms with Gasteiger partial charge in [0.05, 0.1) is 0 Å². The largest absolute Gasteiger partial charge is 0.289 e. The van der Waals surface area contributed by atoms with Gasteiger partial charge in [0.25, 0.3) is 5.54 Å². The SMILES string of the molecule is Bc1c(-c2ccccc2Br)c(B)c2c(c1-c1ccccc1Br)B(Br)c1ccccc1-2. The highest BCUT2D eigenvalue weighted by molar-refractivity contribution is 9.25. The Morgan fingerprint density at radius 2 is 1.00 bits per heavy atom. The van der Waals surface area contributed by atoms with E-state index in [2.05, 4.69) is 136 Å². The molecule has 0 saturated heterocycles. The fourth-order valence-electron chi connectivity index (χ4n) is 4.84. The van der Waals surface area contributed by atoms with Crippen molar-refractivity contribution < 1.29 is 0 Å². The van der Waals surface area contributed by atoms with Gasteiger partial charge in [0.2, 0.25) is 0 Å². The maximum absolute atomic E-state index is 4.05. The minimum atomic E-state index is 0.177. The van der Waals surface area contributed by atoms with E-state index in [0.29, 0.717) is 0 Å². The van der Waals surface area contributed by atoms with Gasteiger partial charge in [-0.15, -0.1) is 15.8 Å². The van der Waals surface area contributed by atoms with Crippen LogP contribution in [0.3, 0.4) is 0 Å². The van der Waals surface area contributed by atoms with Crippen LogP contribution in [0.5, 0.6) is 0 Å². The van der Waals surface area contributed by atoms with Crippen molar-refractivity contribution in [1.29, 1.82) is 0 Å². The van der Waals surface area contributed by atoms with Crippen molar-refractivity contribution in [2.45, 2.75) is 0 Å². The molecule has 0 saturated carbocycles. The molecule has 6 heteroatoms. The monoisotopic (exact) mass is 574 g/mol. The Balaban J connectivity index is 1.97. The first-order chi connectivity index (χ1) is 14.5. The molecule has 0 aromatic heterocycles. The van der Waals surface area contributed by atoms with Crippen molar-refractivity contribution in [3.8, 4) is 33.4 Å². The molecular weight excluding hydrogens is 560 g/mol. The van der Waals surface area contributed by atoms with Gasteiger partial charge in [-0.1, -0.05) is 109 Å². The van der Waals surface area contributed by atoms with Gasteiger partial charge in [0.15, 0.2) is 0 Å². The third kappa shape index (κ3) is 3.03. The number of hydrogen-bond donors (Lipinski definition) is 0. The topological polar surface area (TPSA) is 0 Å². The minimum Gasteiger partial charge on any atom is -0.143 e. The first-order valence-electron chi connectivity index (χ1n) is 9.91. The Morgan fingerprint density at radius 1 is 0.567 bits per heavy atom. The fourth-order valence-corrected chi connectivity index (χ4v) is 6.66. The van der Waals surface area contributed by atoms with Crippen LogP contribution in [0.15, 0.2) is 81.7 Å². The lowest BCUT2D eigenvalue weighted by molar-refractivity contribution is 1.60. The molecule has 0 nitrogen and oxygen atoms in total. The number of hydrogen-bond acceptors (Lipinski definition) is 0. The van der Waals surface area contributed by atoms with Crippen molar-refractivity contribution in [3.05, 3.63) is 81.7 Å². The normalized spacial score (nSPS) is 12.0. The van der Waals surface area contributed by atoms with Crippen LogP contribution in [0.2, 0.25) is 0 Å². The molecule has 5 rings (SSSR count). The van der Waals surface area contributed by atoms with E-state index in [1.165, 1.54) is 55.2 Å². The maximum atomic E-state index is 4.05. The summed E-state index contributed by atoms with van der Waals surface area (Å²) in [6.07, 6.45) is 0. The maximum Gasteiger partial charge on any atom is 0.289 e. The van der Waals surface area contributed by atoms with Gasteiger partial charge in [0.1, 0.15) is 15.7 Å². The van der Waals surface area contributed by atoms with Gasteiger partial charge < -0.3 is 0 Å². The third-order valence-corrected chi connectivity index (χ3v) is 8.42. The molecule has 1 heterocycles. The van der Waals surface area contributed by atoms with Crippen LogP contribution >= 0.6 is 47.6 Å². The third-order valence-electron chi connectivity index (χ3n) is 6.08. The van der Waals surface area contributed by atoms with Crippen LogP contribution in [0.25, 0.3) is 33.4 Å². The highest BCUT2D eigenvalue weighted by Crippen LogP contribution is 2.36. The Morgan fingerprint density at radius 3 is 1.57 bits per heavy atom. The molecule has 1 aliphatic rings. The Bertz CT molecular complexity index is 1300. The zero-order chi connectivity index (χ0) is 21.0. The van der Waals surface area contributed by atoms with Gasteiger partial charge in [-0.3, -0.25) is 0 Å². The van der Waals surface area contributed by atoms with E-state index in [1.54, 1.807) is 0 Å². The van der Waals surface area contributed by atoms with Crippen LogP contribution in [0, 0.1) is 0 Å². The summed E-state index contributed by atoms with van der Waals surface area (Å²) in [5, 5.41) is 0. The second-order valence-electron chi connectivity index (χ2n) is 7.70. The molecule has 0 unspecified atom stereocenters. The number of benzene rings is 4. The average Bonchev–Trinajstić information content (AvgIpc) is 3.04. The molecule has 142 valence electrons. The zero-order valence-corrected chi connectivity index (χ0v) is 21.4. The van der Waals surface area contributed by atoms with Gasteiger partial charge >= 0.3 is 0 Å². The fraction of sp³-hybridized carbons (Fsp3) is 0. The van der Waals surface area contributed by atoms with Crippen molar-refractivity contribution >= 4 is 90.7 Å². The van der Waals surface area contributed by atoms with Crippen molar-refractivity contribution in [3.63, 3.8) is 0 Å². The summed E-state index contributed by atoms with van der Waals surface area (Å²) < 4.78 is 2.24. The molecule has 4 aromatic carbocycles. The van der Waals surface area contributed by atoms with Crippen molar-refractivity contribution in [1.82, 2.24) is 0 Å². The zero-order valence-electron chi connectivity index (χ0n) is 16.6. The van der Waals surface area contributed by atoms with E-state index >= 15 is 0 Å². The lowest BCUT2D eigenvalue weighted by Crippen LogP contribution is -2.39. The second-order valence-corrected chi connectivity index (χ2v) is 10.3. The molecule has 30 heavy (non-hydrogen) atoms. The molecule has 4 aromatic rings. The molecular formula is C24H16B3Br3. The van der Waals surface area contributed by atoms with E-state index in [1.807, 2.05) is 0 Å². The van der Waals surface area contributed by atoms with Gasteiger partial charge in [-0.2, -0.15) is 0 Å². The standard InChI is InChI=1S/C24H16B3Br3/c25-22-19(14-8-2-5-11-17(14)28)23(26)21(15-9-3-6-12-18(15)29)24-20(22)13-7-1-4-10-16(13)27(24)30/h1-12H,25-26H2. The smallest absolute Gasteiger partial charge is 0.143 e. The number of halogens is 3. The summed E-state index contributed by atoms with van der Waals surface area (Å²) in [7, 11) is 4.53. The first-order valence-corrected chi connectivity index (χ1v) is 12.4. The summed E-state index contributed by atoms with van der Waals surface area (Å²) in [6, 6.07) is 25.8. The molecule has 0 amide bonds. The van der Waals surface area contributed by atoms with Crippen LogP contribution in [-0.4, -0.2) is 21.2 Å². The summed E-state index contributed by atoms with van der Waals surface area (Å²) in [5.74, 6) is 0. The van der Waals surface area contributed by atoms with Crippen LogP contribution in [0.4, 0.5) is 0 Å². The quantitative estimate of drug-likeness (QED) is 0.321. The minimum absolute atomic E-state index is 0.177. The Hall–Kier alpha value is -1.49. The molecule has 0 spiro atoms. The van der Waals surface area contributed by atoms with Crippen molar-refractivity contribution in [2.75, 3.05) is 0 Å². The summed E-state index contributed by atoms with van der Waals surface area (Å²) >= 11 is 11.7. The molecule has 0 bridgehead atoms. The molecule has 0 aliphatic carbocycles. The van der Waals surface area contributed by atoms with E-state index in [4.69, 9.17) is 0 Å².